The van der Waals surface area contributed by atoms with E-state index in [0.29, 0.717) is 12.5 Å². The van der Waals surface area contributed by atoms with E-state index in [2.05, 4.69) is 0 Å². The molecule has 0 aliphatic carbocycles. The topological polar surface area (TPSA) is 74.7 Å². The zero-order valence-electron chi connectivity index (χ0n) is 12.3. The van der Waals surface area contributed by atoms with Crippen LogP contribution in [0.25, 0.3) is 0 Å². The summed E-state index contributed by atoms with van der Waals surface area (Å²) in [5.74, 6) is -0.719. The van der Waals surface area contributed by atoms with Gasteiger partial charge >= 0.3 is 5.97 Å². The summed E-state index contributed by atoms with van der Waals surface area (Å²) in [5, 5.41) is 9.06. The monoisotopic (exact) mass is 299 g/mol. The Morgan fingerprint density at radius 3 is 2.45 bits per heavy atom. The van der Waals surface area contributed by atoms with Crippen LogP contribution in [0.15, 0.2) is 23.1 Å². The van der Waals surface area contributed by atoms with E-state index in [1.54, 1.807) is 0 Å². The third-order valence-electron chi connectivity index (χ3n) is 3.22. The fourth-order valence-electron chi connectivity index (χ4n) is 1.85. The van der Waals surface area contributed by atoms with Crippen molar-refractivity contribution in [3.63, 3.8) is 0 Å². The first-order chi connectivity index (χ1) is 9.17. The van der Waals surface area contributed by atoms with Gasteiger partial charge in [0, 0.05) is 13.6 Å². The molecule has 0 unspecified atom stereocenters. The molecule has 112 valence electrons. The van der Waals surface area contributed by atoms with Gasteiger partial charge < -0.3 is 5.11 Å². The Morgan fingerprint density at radius 2 is 1.95 bits per heavy atom. The average molecular weight is 299 g/mol. The molecule has 1 N–H and O–H groups in total. The van der Waals surface area contributed by atoms with Gasteiger partial charge in [-0.3, -0.25) is 0 Å². The van der Waals surface area contributed by atoms with E-state index in [1.165, 1.54) is 36.5 Å². The number of sulfonamides is 1. The fraction of sp³-hybridized carbons (Fsp3) is 0.500. The van der Waals surface area contributed by atoms with E-state index in [1.807, 2.05) is 13.8 Å². The number of carboxylic acids is 1. The summed E-state index contributed by atoms with van der Waals surface area (Å²) in [6.07, 6.45) is 0.757. The van der Waals surface area contributed by atoms with Gasteiger partial charge in [-0.1, -0.05) is 19.9 Å². The molecule has 0 saturated carbocycles. The summed E-state index contributed by atoms with van der Waals surface area (Å²) < 4.78 is 26.2. The second-order valence-corrected chi connectivity index (χ2v) is 7.26. The zero-order chi connectivity index (χ0) is 15.5. The zero-order valence-corrected chi connectivity index (χ0v) is 13.1. The number of nitrogens with zero attached hydrogens (tertiary/aromatic N) is 1. The highest BCUT2D eigenvalue weighted by molar-refractivity contribution is 7.89. The second-order valence-electron chi connectivity index (χ2n) is 5.24. The van der Waals surface area contributed by atoms with Crippen molar-refractivity contribution in [2.45, 2.75) is 32.1 Å². The lowest BCUT2D eigenvalue weighted by atomic mass is 10.1. The summed E-state index contributed by atoms with van der Waals surface area (Å²) in [5.41, 5.74) is 0.291. The first-order valence-electron chi connectivity index (χ1n) is 6.47. The number of rotatable bonds is 6. The molecule has 0 amide bonds. The first kappa shape index (κ1) is 16.7. The van der Waals surface area contributed by atoms with Crippen LogP contribution in [0.3, 0.4) is 0 Å². The SMILES string of the molecule is Cc1c(C(=O)O)cccc1S(=O)(=O)N(C)CCC(C)C. The summed E-state index contributed by atoms with van der Waals surface area (Å²) in [6, 6.07) is 4.31. The minimum absolute atomic E-state index is 0.0170. The van der Waals surface area contributed by atoms with Crippen LogP contribution in [0.5, 0.6) is 0 Å². The predicted molar refractivity (Wildman–Crippen MR) is 77.4 cm³/mol. The van der Waals surface area contributed by atoms with Crippen LogP contribution in [-0.2, 0) is 10.0 Å². The predicted octanol–water partition coefficient (Wildman–Crippen LogP) is 2.36. The van der Waals surface area contributed by atoms with Crippen molar-refractivity contribution in [3.8, 4) is 0 Å². The lowest BCUT2D eigenvalue weighted by Gasteiger charge is -2.20. The van der Waals surface area contributed by atoms with Gasteiger partial charge in [-0.05, 0) is 37.0 Å². The molecule has 0 fully saturated rings. The minimum Gasteiger partial charge on any atom is -0.478 e. The van der Waals surface area contributed by atoms with Crippen LogP contribution in [0.4, 0.5) is 0 Å². The standard InChI is InChI=1S/C14H21NO4S/c1-10(2)8-9-15(4)20(18,19)13-7-5-6-12(11(13)3)14(16)17/h5-7,10H,8-9H2,1-4H3,(H,16,17). The molecule has 0 radical (unpaired) electrons. The molecule has 1 aromatic rings. The highest BCUT2D eigenvalue weighted by Gasteiger charge is 2.24. The Kier molecular flexibility index (Phi) is 5.30. The van der Waals surface area contributed by atoms with Crippen molar-refractivity contribution < 1.29 is 18.3 Å². The molecular formula is C14H21NO4S. The molecule has 0 heterocycles. The number of carbonyl (C=O) groups is 1. The molecular weight excluding hydrogens is 278 g/mol. The van der Waals surface area contributed by atoms with Crippen LogP contribution in [0.1, 0.15) is 36.2 Å². The van der Waals surface area contributed by atoms with Crippen molar-refractivity contribution in [2.75, 3.05) is 13.6 Å². The van der Waals surface area contributed by atoms with Gasteiger partial charge in [-0.25, -0.2) is 17.5 Å². The Balaban J connectivity index is 3.16. The molecule has 0 aliphatic heterocycles. The largest absolute Gasteiger partial charge is 0.478 e. The van der Waals surface area contributed by atoms with Crippen LogP contribution in [0.2, 0.25) is 0 Å². The van der Waals surface area contributed by atoms with Crippen molar-refractivity contribution in [2.24, 2.45) is 5.92 Å². The van der Waals surface area contributed by atoms with Gasteiger partial charge in [0.2, 0.25) is 10.0 Å². The van der Waals surface area contributed by atoms with Crippen LogP contribution < -0.4 is 0 Å². The highest BCUT2D eigenvalue weighted by Crippen LogP contribution is 2.22. The normalized spacial score (nSPS) is 12.1. The average Bonchev–Trinajstić information content (AvgIpc) is 2.35. The second kappa shape index (κ2) is 6.37. The maximum absolute atomic E-state index is 12.5. The summed E-state index contributed by atoms with van der Waals surface area (Å²) in [7, 11) is -2.13. The maximum atomic E-state index is 12.5. The highest BCUT2D eigenvalue weighted by atomic mass is 32.2. The number of carboxylic acid groups (broad SMARTS) is 1. The van der Waals surface area contributed by atoms with E-state index < -0.39 is 16.0 Å². The van der Waals surface area contributed by atoms with Crippen molar-refractivity contribution >= 4 is 16.0 Å². The molecule has 0 saturated heterocycles. The molecule has 5 nitrogen and oxygen atoms in total. The molecule has 0 aliphatic rings. The Bertz CT molecular complexity index is 593. The molecule has 0 atom stereocenters. The van der Waals surface area contributed by atoms with E-state index in [9.17, 15) is 13.2 Å². The molecule has 1 rings (SSSR count). The van der Waals surface area contributed by atoms with E-state index in [0.717, 1.165) is 6.42 Å². The van der Waals surface area contributed by atoms with E-state index in [-0.39, 0.29) is 16.0 Å². The summed E-state index contributed by atoms with van der Waals surface area (Å²) >= 11 is 0. The number of hydrogen-bond donors (Lipinski definition) is 1. The molecule has 6 heteroatoms. The van der Waals surface area contributed by atoms with E-state index >= 15 is 0 Å². The van der Waals surface area contributed by atoms with Crippen LogP contribution >= 0.6 is 0 Å². The number of aromatic carboxylic acids is 1. The van der Waals surface area contributed by atoms with Gasteiger partial charge in [0.05, 0.1) is 10.5 Å². The van der Waals surface area contributed by atoms with Gasteiger partial charge in [-0.15, -0.1) is 0 Å². The lowest BCUT2D eigenvalue weighted by Crippen LogP contribution is -2.29. The summed E-state index contributed by atoms with van der Waals surface area (Å²) in [6.45, 7) is 5.98. The smallest absolute Gasteiger partial charge is 0.335 e. The number of hydrogen-bond acceptors (Lipinski definition) is 3. The first-order valence-corrected chi connectivity index (χ1v) is 7.91. The molecule has 20 heavy (non-hydrogen) atoms. The molecule has 0 aromatic heterocycles. The fourth-order valence-corrected chi connectivity index (χ4v) is 3.28. The van der Waals surface area contributed by atoms with Crippen molar-refractivity contribution in [1.82, 2.24) is 4.31 Å². The van der Waals surface area contributed by atoms with Crippen molar-refractivity contribution in [1.29, 1.82) is 0 Å². The Hall–Kier alpha value is -1.40. The third-order valence-corrected chi connectivity index (χ3v) is 5.23. The van der Waals surface area contributed by atoms with Crippen LogP contribution in [-0.4, -0.2) is 37.4 Å². The minimum atomic E-state index is -3.65. The third kappa shape index (κ3) is 3.58. The maximum Gasteiger partial charge on any atom is 0.335 e. The lowest BCUT2D eigenvalue weighted by molar-refractivity contribution is 0.0696. The number of benzene rings is 1. The quantitative estimate of drug-likeness (QED) is 0.875. The molecule has 1 aromatic carbocycles. The van der Waals surface area contributed by atoms with Gasteiger partial charge in [-0.2, -0.15) is 0 Å². The van der Waals surface area contributed by atoms with Crippen LogP contribution in [0, 0.1) is 12.8 Å². The Labute approximate surface area is 120 Å². The Morgan fingerprint density at radius 1 is 1.35 bits per heavy atom. The molecule has 0 spiro atoms. The molecule has 0 bridgehead atoms. The van der Waals surface area contributed by atoms with Gasteiger partial charge in [0.1, 0.15) is 0 Å². The van der Waals surface area contributed by atoms with Gasteiger partial charge in [0.15, 0.2) is 0 Å². The van der Waals surface area contributed by atoms with Gasteiger partial charge in [0.25, 0.3) is 0 Å². The summed E-state index contributed by atoms with van der Waals surface area (Å²) in [4.78, 5) is 11.1. The van der Waals surface area contributed by atoms with E-state index in [4.69, 9.17) is 5.11 Å². The van der Waals surface area contributed by atoms with Crippen molar-refractivity contribution in [3.05, 3.63) is 29.3 Å².